The molecule has 2 aliphatic rings. The zero-order chi connectivity index (χ0) is 18.4. The number of thiophene rings is 1. The summed E-state index contributed by atoms with van der Waals surface area (Å²) in [7, 11) is 0. The zero-order valence-corrected chi connectivity index (χ0v) is 15.6. The van der Waals surface area contributed by atoms with Gasteiger partial charge in [0.25, 0.3) is 5.91 Å². The van der Waals surface area contributed by atoms with Gasteiger partial charge in [-0.3, -0.25) is 4.79 Å². The van der Waals surface area contributed by atoms with Crippen LogP contribution in [0.25, 0.3) is 11.4 Å². The fourth-order valence-electron chi connectivity index (χ4n) is 3.62. The van der Waals surface area contributed by atoms with Crippen LogP contribution in [0.5, 0.6) is 11.5 Å². The molecule has 1 amide bonds. The van der Waals surface area contributed by atoms with Gasteiger partial charge in [0.2, 0.25) is 0 Å². The quantitative estimate of drug-likeness (QED) is 0.681. The summed E-state index contributed by atoms with van der Waals surface area (Å²) in [5.74, 6) is 2.82. The number of nitrogens with zero attached hydrogens (tertiary/aromatic N) is 4. The Morgan fingerprint density at radius 1 is 1.19 bits per heavy atom. The van der Waals surface area contributed by atoms with Crippen LogP contribution < -0.4 is 9.47 Å². The van der Waals surface area contributed by atoms with Gasteiger partial charge in [0.1, 0.15) is 18.1 Å². The SMILES string of the molecule is C[C@H]1CN(C(=O)c2scc3c2OCCO3)Cc2nnc(-c3ccccc3)n21. The van der Waals surface area contributed by atoms with E-state index < -0.39 is 0 Å². The van der Waals surface area contributed by atoms with E-state index in [1.54, 1.807) is 0 Å². The fraction of sp³-hybridized carbons (Fsp3) is 0.316. The zero-order valence-electron chi connectivity index (χ0n) is 14.8. The van der Waals surface area contributed by atoms with E-state index in [-0.39, 0.29) is 11.9 Å². The number of hydrogen-bond donors (Lipinski definition) is 0. The standard InChI is InChI=1S/C19H18N4O3S/c1-12-9-22(19(24)17-16-14(11-27-17)25-7-8-26-16)10-15-20-21-18(23(12)15)13-5-3-2-4-6-13/h2-6,11-12H,7-10H2,1H3/t12-/m0/s1. The fourth-order valence-corrected chi connectivity index (χ4v) is 4.52. The molecule has 2 aromatic heterocycles. The first kappa shape index (κ1) is 16.3. The van der Waals surface area contributed by atoms with Gasteiger partial charge in [0, 0.05) is 17.5 Å². The molecule has 0 spiro atoms. The summed E-state index contributed by atoms with van der Waals surface area (Å²) in [6.45, 7) is 4.09. The summed E-state index contributed by atoms with van der Waals surface area (Å²) < 4.78 is 13.4. The van der Waals surface area contributed by atoms with Crippen molar-refractivity contribution in [1.82, 2.24) is 19.7 Å². The van der Waals surface area contributed by atoms with Gasteiger partial charge >= 0.3 is 0 Å². The third-order valence-electron chi connectivity index (χ3n) is 4.84. The molecule has 1 atom stereocenters. The van der Waals surface area contributed by atoms with Gasteiger partial charge in [-0.1, -0.05) is 30.3 Å². The molecule has 138 valence electrons. The molecule has 0 bridgehead atoms. The molecule has 0 saturated carbocycles. The third kappa shape index (κ3) is 2.68. The molecular weight excluding hydrogens is 364 g/mol. The van der Waals surface area contributed by atoms with Gasteiger partial charge in [0.05, 0.1) is 12.6 Å². The van der Waals surface area contributed by atoms with E-state index in [2.05, 4.69) is 21.7 Å². The van der Waals surface area contributed by atoms with Crippen molar-refractivity contribution >= 4 is 17.2 Å². The maximum absolute atomic E-state index is 13.1. The first-order valence-corrected chi connectivity index (χ1v) is 9.76. The van der Waals surface area contributed by atoms with Crippen LogP contribution in [0.15, 0.2) is 35.7 Å². The molecule has 8 heteroatoms. The van der Waals surface area contributed by atoms with Crippen molar-refractivity contribution in [2.45, 2.75) is 19.5 Å². The molecule has 2 aliphatic heterocycles. The predicted molar refractivity (Wildman–Crippen MR) is 100 cm³/mol. The van der Waals surface area contributed by atoms with Gasteiger partial charge in [-0.15, -0.1) is 21.5 Å². The molecule has 0 N–H and O–H groups in total. The molecule has 4 heterocycles. The summed E-state index contributed by atoms with van der Waals surface area (Å²) in [5, 5.41) is 10.6. The summed E-state index contributed by atoms with van der Waals surface area (Å²) in [6, 6.07) is 10.1. The second-order valence-electron chi connectivity index (χ2n) is 6.67. The molecule has 27 heavy (non-hydrogen) atoms. The lowest BCUT2D eigenvalue weighted by Crippen LogP contribution is -2.40. The normalized spacial score (nSPS) is 18.3. The van der Waals surface area contributed by atoms with E-state index in [0.29, 0.717) is 42.7 Å². The first-order valence-electron chi connectivity index (χ1n) is 8.88. The van der Waals surface area contributed by atoms with E-state index in [1.165, 1.54) is 11.3 Å². The Balaban J connectivity index is 1.45. The van der Waals surface area contributed by atoms with Crippen LogP contribution in [-0.2, 0) is 6.54 Å². The Morgan fingerprint density at radius 3 is 2.85 bits per heavy atom. The van der Waals surface area contributed by atoms with Crippen LogP contribution in [0.4, 0.5) is 0 Å². The average Bonchev–Trinajstić information content (AvgIpc) is 3.33. The van der Waals surface area contributed by atoms with Crippen molar-refractivity contribution in [2.24, 2.45) is 0 Å². The monoisotopic (exact) mass is 382 g/mol. The van der Waals surface area contributed by atoms with Crippen molar-refractivity contribution < 1.29 is 14.3 Å². The predicted octanol–water partition coefficient (Wildman–Crippen LogP) is 2.99. The minimum Gasteiger partial charge on any atom is -0.485 e. The number of aromatic nitrogens is 3. The lowest BCUT2D eigenvalue weighted by atomic mass is 10.1. The van der Waals surface area contributed by atoms with E-state index in [9.17, 15) is 4.79 Å². The van der Waals surface area contributed by atoms with Gasteiger partial charge in [-0.2, -0.15) is 0 Å². The van der Waals surface area contributed by atoms with E-state index in [1.807, 2.05) is 40.6 Å². The second kappa shape index (κ2) is 6.38. The van der Waals surface area contributed by atoms with Gasteiger partial charge in [0.15, 0.2) is 23.1 Å². The Hall–Kier alpha value is -2.87. The lowest BCUT2D eigenvalue weighted by molar-refractivity contribution is 0.0679. The summed E-state index contributed by atoms with van der Waals surface area (Å²) in [4.78, 5) is 15.5. The summed E-state index contributed by atoms with van der Waals surface area (Å²) in [6.07, 6.45) is 0. The van der Waals surface area contributed by atoms with E-state index >= 15 is 0 Å². The number of amides is 1. The Labute approximate surface area is 160 Å². The Morgan fingerprint density at radius 2 is 2.00 bits per heavy atom. The number of rotatable bonds is 2. The van der Waals surface area contributed by atoms with Crippen LogP contribution in [0.2, 0.25) is 0 Å². The highest BCUT2D eigenvalue weighted by Gasteiger charge is 2.33. The largest absolute Gasteiger partial charge is 0.485 e. The molecule has 0 fully saturated rings. The molecule has 5 rings (SSSR count). The van der Waals surface area contributed by atoms with Gasteiger partial charge in [-0.25, -0.2) is 0 Å². The van der Waals surface area contributed by atoms with E-state index in [4.69, 9.17) is 9.47 Å². The smallest absolute Gasteiger partial charge is 0.268 e. The molecule has 7 nitrogen and oxygen atoms in total. The van der Waals surface area contributed by atoms with Gasteiger partial charge < -0.3 is 18.9 Å². The number of carbonyl (C=O) groups excluding carboxylic acids is 1. The third-order valence-corrected chi connectivity index (χ3v) is 5.77. The molecule has 0 unspecified atom stereocenters. The highest BCUT2D eigenvalue weighted by Crippen LogP contribution is 2.40. The number of carbonyl (C=O) groups is 1. The number of ether oxygens (including phenoxy) is 2. The van der Waals surface area contributed by atoms with Crippen LogP contribution in [0.3, 0.4) is 0 Å². The van der Waals surface area contributed by atoms with Crippen LogP contribution in [0, 0.1) is 0 Å². The number of fused-ring (bicyclic) bond motifs is 2. The lowest BCUT2D eigenvalue weighted by Gasteiger charge is -2.32. The Bertz CT molecular complexity index is 998. The highest BCUT2D eigenvalue weighted by atomic mass is 32.1. The summed E-state index contributed by atoms with van der Waals surface area (Å²) >= 11 is 1.37. The molecule has 0 aliphatic carbocycles. The molecule has 1 aromatic carbocycles. The molecule has 3 aromatic rings. The second-order valence-corrected chi connectivity index (χ2v) is 7.55. The van der Waals surface area contributed by atoms with Gasteiger partial charge in [-0.05, 0) is 6.92 Å². The van der Waals surface area contributed by atoms with Crippen molar-refractivity contribution in [3.05, 3.63) is 46.4 Å². The van der Waals surface area contributed by atoms with Crippen LogP contribution in [0.1, 0.15) is 28.5 Å². The maximum atomic E-state index is 13.1. The van der Waals surface area contributed by atoms with Crippen LogP contribution >= 0.6 is 11.3 Å². The number of benzene rings is 1. The van der Waals surface area contributed by atoms with Crippen LogP contribution in [-0.4, -0.2) is 45.3 Å². The molecule has 0 saturated heterocycles. The maximum Gasteiger partial charge on any atom is 0.268 e. The first-order chi connectivity index (χ1) is 13.2. The number of hydrogen-bond acceptors (Lipinski definition) is 6. The topological polar surface area (TPSA) is 69.5 Å². The summed E-state index contributed by atoms with van der Waals surface area (Å²) in [5.41, 5.74) is 1.03. The van der Waals surface area contributed by atoms with Crippen molar-refractivity contribution in [3.63, 3.8) is 0 Å². The van der Waals surface area contributed by atoms with E-state index in [0.717, 1.165) is 17.2 Å². The molecule has 0 radical (unpaired) electrons. The van der Waals surface area contributed by atoms with Crippen molar-refractivity contribution in [3.8, 4) is 22.9 Å². The average molecular weight is 382 g/mol. The minimum absolute atomic E-state index is 0.0471. The highest BCUT2D eigenvalue weighted by molar-refractivity contribution is 7.12. The molecular formula is C19H18N4O3S. The minimum atomic E-state index is -0.0471. The Kier molecular flexibility index (Phi) is 3.86. The van der Waals surface area contributed by atoms with Crippen molar-refractivity contribution in [2.75, 3.05) is 19.8 Å². The van der Waals surface area contributed by atoms with Crippen molar-refractivity contribution in [1.29, 1.82) is 0 Å².